The number of alkyl carbamates (subject to hydrolysis) is 1. The van der Waals surface area contributed by atoms with Gasteiger partial charge in [-0.1, -0.05) is 30.9 Å². The molecule has 0 heterocycles. The number of carbonyl (C=O) groups excluding carboxylic acids is 4. The summed E-state index contributed by atoms with van der Waals surface area (Å²) in [5.74, 6) is -1.36. The molecule has 1 aromatic carbocycles. The molecule has 0 aliphatic carbocycles. The highest BCUT2D eigenvalue weighted by Gasteiger charge is 2.38. The Morgan fingerprint density at radius 3 is 2.29 bits per heavy atom. The van der Waals surface area contributed by atoms with Gasteiger partial charge in [0.05, 0.1) is 13.0 Å². The lowest BCUT2D eigenvalue weighted by atomic mass is 9.95. The van der Waals surface area contributed by atoms with Crippen LogP contribution in [-0.2, 0) is 23.9 Å². The summed E-state index contributed by atoms with van der Waals surface area (Å²) in [6.45, 7) is 16.0. The van der Waals surface area contributed by atoms with Gasteiger partial charge in [-0.2, -0.15) is 0 Å². The fraction of sp³-hybridized carbons (Fsp3) is 0.538. The lowest BCUT2D eigenvalue weighted by molar-refractivity contribution is -0.146. The van der Waals surface area contributed by atoms with Gasteiger partial charge in [-0.3, -0.25) is 14.4 Å². The van der Waals surface area contributed by atoms with E-state index < -0.39 is 41.1 Å². The number of ether oxygens (including phenoxy) is 2. The van der Waals surface area contributed by atoms with Crippen LogP contribution in [-0.4, -0.2) is 59.6 Å². The maximum absolute atomic E-state index is 13.4. The van der Waals surface area contributed by atoms with Crippen LogP contribution in [0.25, 0.3) is 6.08 Å². The van der Waals surface area contributed by atoms with Gasteiger partial charge in [-0.15, -0.1) is 0 Å². The van der Waals surface area contributed by atoms with Gasteiger partial charge in [0.2, 0.25) is 11.8 Å². The largest absolute Gasteiger partial charge is 0.466 e. The van der Waals surface area contributed by atoms with Crippen molar-refractivity contribution in [2.24, 2.45) is 0 Å². The predicted octanol–water partition coefficient (Wildman–Crippen LogP) is 3.59. The second kappa shape index (κ2) is 12.9. The van der Waals surface area contributed by atoms with E-state index in [2.05, 4.69) is 17.2 Å². The smallest absolute Gasteiger partial charge is 0.408 e. The Balaban J connectivity index is 3.25. The average Bonchev–Trinajstić information content (AvgIpc) is 2.73. The van der Waals surface area contributed by atoms with Crippen molar-refractivity contribution in [2.45, 2.75) is 72.1 Å². The summed E-state index contributed by atoms with van der Waals surface area (Å²) >= 11 is 0. The number of nitrogens with one attached hydrogen (secondary N) is 2. The minimum absolute atomic E-state index is 0.00264. The zero-order chi connectivity index (χ0) is 26.8. The van der Waals surface area contributed by atoms with E-state index in [1.54, 1.807) is 72.7 Å². The first kappa shape index (κ1) is 29.7. The summed E-state index contributed by atoms with van der Waals surface area (Å²) < 4.78 is 10.1. The van der Waals surface area contributed by atoms with Crippen LogP contribution in [0.1, 0.15) is 72.1 Å². The molecule has 9 heteroatoms. The molecule has 0 radical (unpaired) electrons. The van der Waals surface area contributed by atoms with Crippen molar-refractivity contribution >= 4 is 30.0 Å². The van der Waals surface area contributed by atoms with Crippen LogP contribution in [0, 0.1) is 0 Å². The molecule has 1 aromatic rings. The van der Waals surface area contributed by atoms with Gasteiger partial charge in [0.25, 0.3) is 0 Å². The third-order valence-corrected chi connectivity index (χ3v) is 4.68. The average molecular weight is 490 g/mol. The molecule has 0 aliphatic heterocycles. The first-order valence-electron chi connectivity index (χ1n) is 11.6. The number of carbonyl (C=O) groups is 4. The Hall–Kier alpha value is -3.36. The summed E-state index contributed by atoms with van der Waals surface area (Å²) in [5.41, 5.74) is -0.167. The molecule has 0 saturated heterocycles. The monoisotopic (exact) mass is 489 g/mol. The van der Waals surface area contributed by atoms with Crippen molar-refractivity contribution < 1.29 is 28.7 Å². The summed E-state index contributed by atoms with van der Waals surface area (Å²) in [7, 11) is 0. The molecule has 0 spiro atoms. The molecule has 1 atom stereocenters. The lowest BCUT2D eigenvalue weighted by Crippen LogP contribution is -2.55. The van der Waals surface area contributed by atoms with E-state index in [9.17, 15) is 19.2 Å². The van der Waals surface area contributed by atoms with Crippen LogP contribution < -0.4 is 10.6 Å². The molecule has 2 N–H and O–H groups in total. The minimum atomic E-state index is -1.02. The van der Waals surface area contributed by atoms with E-state index in [1.807, 2.05) is 6.07 Å². The van der Waals surface area contributed by atoms with Crippen LogP contribution in [0.2, 0.25) is 0 Å². The van der Waals surface area contributed by atoms with Crippen molar-refractivity contribution in [3.8, 4) is 0 Å². The predicted molar refractivity (Wildman–Crippen MR) is 134 cm³/mol. The van der Waals surface area contributed by atoms with E-state index in [0.717, 1.165) is 5.56 Å². The van der Waals surface area contributed by atoms with Crippen molar-refractivity contribution in [3.63, 3.8) is 0 Å². The highest BCUT2D eigenvalue weighted by molar-refractivity contribution is 5.91. The Morgan fingerprint density at radius 1 is 1.09 bits per heavy atom. The molecular formula is C26H39N3O6. The SMILES string of the molecule is C=Cc1cccc(C(C(=O)NCCC(=O)OCC)N(C(=O)CNC(=O)OC(C)(C)C)C(C)(C)C)c1. The van der Waals surface area contributed by atoms with Crippen LogP contribution in [0.5, 0.6) is 0 Å². The number of hydrogen-bond acceptors (Lipinski definition) is 6. The van der Waals surface area contributed by atoms with E-state index in [-0.39, 0.29) is 26.1 Å². The molecule has 35 heavy (non-hydrogen) atoms. The zero-order valence-corrected chi connectivity index (χ0v) is 21.9. The molecule has 0 bridgehead atoms. The van der Waals surface area contributed by atoms with Crippen molar-refractivity contribution in [1.29, 1.82) is 0 Å². The van der Waals surface area contributed by atoms with Crippen LogP contribution in [0.4, 0.5) is 4.79 Å². The molecule has 1 unspecified atom stereocenters. The third kappa shape index (κ3) is 10.2. The van der Waals surface area contributed by atoms with Gasteiger partial charge in [0, 0.05) is 12.1 Å². The van der Waals surface area contributed by atoms with Crippen molar-refractivity contribution in [1.82, 2.24) is 15.5 Å². The molecule has 194 valence electrons. The molecule has 1 rings (SSSR count). The van der Waals surface area contributed by atoms with E-state index in [4.69, 9.17) is 9.47 Å². The maximum atomic E-state index is 13.4. The quantitative estimate of drug-likeness (QED) is 0.486. The fourth-order valence-corrected chi connectivity index (χ4v) is 3.34. The highest BCUT2D eigenvalue weighted by Crippen LogP contribution is 2.30. The molecule has 0 aliphatic rings. The molecule has 0 fully saturated rings. The van der Waals surface area contributed by atoms with Gasteiger partial charge >= 0.3 is 12.1 Å². The van der Waals surface area contributed by atoms with E-state index in [1.165, 1.54) is 4.90 Å². The van der Waals surface area contributed by atoms with Gasteiger partial charge in [0.15, 0.2) is 0 Å². The van der Waals surface area contributed by atoms with Gasteiger partial charge in [-0.05, 0) is 65.7 Å². The second-order valence-corrected chi connectivity index (χ2v) is 9.91. The molecule has 0 aromatic heterocycles. The first-order valence-corrected chi connectivity index (χ1v) is 11.6. The topological polar surface area (TPSA) is 114 Å². The highest BCUT2D eigenvalue weighted by atomic mass is 16.6. The molecule has 9 nitrogen and oxygen atoms in total. The first-order chi connectivity index (χ1) is 16.2. The molecule has 3 amide bonds. The Morgan fingerprint density at radius 2 is 1.74 bits per heavy atom. The lowest BCUT2D eigenvalue weighted by Gasteiger charge is -2.41. The number of amides is 3. The van der Waals surface area contributed by atoms with Gasteiger partial charge < -0.3 is 25.0 Å². The van der Waals surface area contributed by atoms with Crippen molar-refractivity contribution in [2.75, 3.05) is 19.7 Å². The van der Waals surface area contributed by atoms with Crippen LogP contribution in [0.3, 0.4) is 0 Å². The summed E-state index contributed by atoms with van der Waals surface area (Å²) in [6, 6.07) is 6.10. The second-order valence-electron chi connectivity index (χ2n) is 9.91. The Bertz CT molecular complexity index is 914. The molecule has 0 saturated carbocycles. The Labute approximate surface area is 208 Å². The summed E-state index contributed by atoms with van der Waals surface area (Å²) in [4.78, 5) is 52.0. The normalized spacial score (nSPS) is 12.2. The number of rotatable bonds is 10. The van der Waals surface area contributed by atoms with Gasteiger partial charge in [-0.25, -0.2) is 4.79 Å². The standard InChI is InChI=1S/C26H39N3O6/c1-9-18-12-11-13-19(16-18)22(23(32)27-15-14-21(31)34-10-2)29(25(3,4)5)20(30)17-28-24(33)35-26(6,7)8/h9,11-13,16,22H,1,10,14-15,17H2,2-8H3,(H,27,32)(H,28,33). The van der Waals surface area contributed by atoms with E-state index >= 15 is 0 Å². The number of benzene rings is 1. The van der Waals surface area contributed by atoms with Gasteiger partial charge in [0.1, 0.15) is 18.2 Å². The zero-order valence-electron chi connectivity index (χ0n) is 21.9. The summed E-state index contributed by atoms with van der Waals surface area (Å²) in [6.07, 6.45) is 0.915. The minimum Gasteiger partial charge on any atom is -0.466 e. The fourth-order valence-electron chi connectivity index (χ4n) is 3.34. The number of hydrogen-bond donors (Lipinski definition) is 2. The maximum Gasteiger partial charge on any atom is 0.408 e. The number of esters is 1. The number of nitrogens with zero attached hydrogens (tertiary/aromatic N) is 1. The summed E-state index contributed by atoms with van der Waals surface area (Å²) in [5, 5.41) is 5.21. The van der Waals surface area contributed by atoms with Crippen LogP contribution >= 0.6 is 0 Å². The third-order valence-electron chi connectivity index (χ3n) is 4.68. The van der Waals surface area contributed by atoms with Crippen LogP contribution in [0.15, 0.2) is 30.8 Å². The molecular weight excluding hydrogens is 450 g/mol. The van der Waals surface area contributed by atoms with E-state index in [0.29, 0.717) is 5.56 Å². The van der Waals surface area contributed by atoms with Crippen molar-refractivity contribution in [3.05, 3.63) is 42.0 Å². The Kier molecular flexibility index (Phi) is 11.0.